The number of ether oxygens (including phenoxy) is 3. The lowest BCUT2D eigenvalue weighted by Gasteiger charge is -2.38. The van der Waals surface area contributed by atoms with Gasteiger partial charge in [-0.1, -0.05) is 0 Å². The molecule has 1 aromatic heterocycles. The van der Waals surface area contributed by atoms with E-state index in [1.165, 1.54) is 0 Å². The van der Waals surface area contributed by atoms with E-state index in [2.05, 4.69) is 4.57 Å². The summed E-state index contributed by atoms with van der Waals surface area (Å²) in [6.07, 6.45) is 4.76. The molecule has 0 radical (unpaired) electrons. The van der Waals surface area contributed by atoms with E-state index < -0.39 is 11.4 Å². The van der Waals surface area contributed by atoms with E-state index in [4.69, 9.17) is 14.2 Å². The minimum absolute atomic E-state index is 0.0578. The highest BCUT2D eigenvalue weighted by Crippen LogP contribution is 2.32. The summed E-state index contributed by atoms with van der Waals surface area (Å²) in [5.41, 5.74) is 0.227. The fourth-order valence-electron chi connectivity index (χ4n) is 4.54. The van der Waals surface area contributed by atoms with Crippen LogP contribution >= 0.6 is 0 Å². The van der Waals surface area contributed by atoms with Crippen LogP contribution in [0.5, 0.6) is 0 Å². The summed E-state index contributed by atoms with van der Waals surface area (Å²) >= 11 is 0. The Bertz CT molecular complexity index is 760. The fourth-order valence-corrected chi connectivity index (χ4v) is 4.54. The molecule has 8 heteroatoms. The summed E-state index contributed by atoms with van der Waals surface area (Å²) in [5.74, 6) is -0.421. The molecule has 30 heavy (non-hydrogen) atoms. The van der Waals surface area contributed by atoms with Gasteiger partial charge in [-0.25, -0.2) is 4.79 Å². The molecule has 0 aliphatic carbocycles. The van der Waals surface area contributed by atoms with E-state index in [0.717, 1.165) is 18.5 Å². The monoisotopic (exact) mass is 419 g/mol. The van der Waals surface area contributed by atoms with Crippen molar-refractivity contribution in [2.24, 2.45) is 0 Å². The van der Waals surface area contributed by atoms with Gasteiger partial charge in [0.15, 0.2) is 5.79 Å². The van der Waals surface area contributed by atoms with Crippen molar-refractivity contribution in [1.82, 2.24) is 14.4 Å². The molecule has 3 fully saturated rings. The zero-order valence-corrected chi connectivity index (χ0v) is 18.3. The molecule has 0 aromatic carbocycles. The van der Waals surface area contributed by atoms with Gasteiger partial charge in [-0.05, 0) is 45.7 Å². The van der Waals surface area contributed by atoms with Crippen LogP contribution in [0.4, 0.5) is 4.79 Å². The van der Waals surface area contributed by atoms with Crippen molar-refractivity contribution in [2.45, 2.75) is 63.9 Å². The predicted molar refractivity (Wildman–Crippen MR) is 110 cm³/mol. The maximum Gasteiger partial charge on any atom is 0.410 e. The second kappa shape index (κ2) is 8.23. The quantitative estimate of drug-likeness (QED) is 0.737. The van der Waals surface area contributed by atoms with Gasteiger partial charge in [0.05, 0.1) is 13.2 Å². The molecule has 0 bridgehead atoms. The van der Waals surface area contributed by atoms with Crippen LogP contribution in [0.3, 0.4) is 0 Å². The summed E-state index contributed by atoms with van der Waals surface area (Å²) in [7, 11) is 0. The highest BCUT2D eigenvalue weighted by atomic mass is 16.7. The molecule has 2 amide bonds. The first-order valence-corrected chi connectivity index (χ1v) is 11.0. The Labute approximate surface area is 178 Å². The lowest BCUT2D eigenvalue weighted by Crippen LogP contribution is -2.48. The first-order valence-electron chi connectivity index (χ1n) is 11.0. The Kier molecular flexibility index (Phi) is 5.81. The zero-order valence-electron chi connectivity index (χ0n) is 18.3. The van der Waals surface area contributed by atoms with Crippen molar-refractivity contribution in [2.75, 3.05) is 39.4 Å². The van der Waals surface area contributed by atoms with Crippen LogP contribution in [0, 0.1) is 0 Å². The SMILES string of the molecule is CC(C)(C)OC(=O)N1CCC(n2cccc2C(=O)N2CCC3(CC2)OCCO3)CC1. The van der Waals surface area contributed by atoms with E-state index in [9.17, 15) is 9.59 Å². The van der Waals surface area contributed by atoms with E-state index in [0.29, 0.717) is 52.2 Å². The van der Waals surface area contributed by atoms with Gasteiger partial charge in [0.25, 0.3) is 5.91 Å². The zero-order chi connectivity index (χ0) is 21.4. The molecular weight excluding hydrogens is 386 g/mol. The fraction of sp³-hybridized carbons (Fsp3) is 0.727. The van der Waals surface area contributed by atoms with Gasteiger partial charge in [0.2, 0.25) is 0 Å². The number of likely N-dealkylation sites (tertiary alicyclic amines) is 2. The Morgan fingerprint density at radius 1 is 1.03 bits per heavy atom. The van der Waals surface area contributed by atoms with E-state index in [1.807, 2.05) is 44.0 Å². The number of amides is 2. The molecule has 8 nitrogen and oxygen atoms in total. The number of rotatable bonds is 2. The van der Waals surface area contributed by atoms with Crippen molar-refractivity contribution in [3.63, 3.8) is 0 Å². The number of carbonyl (C=O) groups excluding carboxylic acids is 2. The van der Waals surface area contributed by atoms with Gasteiger partial charge in [0, 0.05) is 51.3 Å². The lowest BCUT2D eigenvalue weighted by atomic mass is 10.0. The standard InChI is InChI=1S/C22H33N3O5/c1-21(2,3)30-20(27)24-11-6-17(7-12-24)25-10-4-5-18(25)19(26)23-13-8-22(9-14-23)28-15-16-29-22/h4-5,10,17H,6-9,11-16H2,1-3H3. The molecule has 0 unspecified atom stereocenters. The van der Waals surface area contributed by atoms with Crippen LogP contribution in [0.1, 0.15) is 63.0 Å². The minimum Gasteiger partial charge on any atom is -0.444 e. The van der Waals surface area contributed by atoms with Gasteiger partial charge >= 0.3 is 6.09 Å². The Morgan fingerprint density at radius 2 is 1.67 bits per heavy atom. The number of piperidine rings is 2. The minimum atomic E-state index is -0.491. The van der Waals surface area contributed by atoms with E-state index in [-0.39, 0.29) is 18.0 Å². The molecule has 4 rings (SSSR count). The molecule has 3 aliphatic rings. The van der Waals surface area contributed by atoms with Gasteiger partial charge in [-0.2, -0.15) is 0 Å². The van der Waals surface area contributed by atoms with Crippen LogP contribution in [-0.4, -0.2) is 77.1 Å². The summed E-state index contributed by atoms with van der Waals surface area (Å²) < 4.78 is 19.1. The maximum absolute atomic E-state index is 13.2. The molecule has 166 valence electrons. The van der Waals surface area contributed by atoms with Crippen molar-refractivity contribution in [1.29, 1.82) is 0 Å². The average molecular weight is 420 g/mol. The van der Waals surface area contributed by atoms with Crippen molar-refractivity contribution in [3.05, 3.63) is 24.0 Å². The third-order valence-electron chi connectivity index (χ3n) is 6.13. The topological polar surface area (TPSA) is 73.2 Å². The molecular formula is C22H33N3O5. The first kappa shape index (κ1) is 21.2. The molecule has 0 atom stereocenters. The average Bonchev–Trinajstić information content (AvgIpc) is 3.37. The molecule has 1 aromatic rings. The molecule has 3 aliphatic heterocycles. The second-order valence-electron chi connectivity index (χ2n) is 9.40. The van der Waals surface area contributed by atoms with E-state index >= 15 is 0 Å². The summed E-state index contributed by atoms with van der Waals surface area (Å²) in [4.78, 5) is 29.2. The predicted octanol–water partition coefficient (Wildman–Crippen LogP) is 3.04. The maximum atomic E-state index is 13.2. The number of aromatic nitrogens is 1. The summed E-state index contributed by atoms with van der Waals surface area (Å²) in [6.45, 7) is 9.45. The molecule has 0 N–H and O–H groups in total. The number of hydrogen-bond acceptors (Lipinski definition) is 5. The molecule has 0 saturated carbocycles. The number of carbonyl (C=O) groups is 2. The van der Waals surface area contributed by atoms with Crippen LogP contribution in [-0.2, 0) is 14.2 Å². The molecule has 1 spiro atoms. The van der Waals surface area contributed by atoms with Crippen LogP contribution < -0.4 is 0 Å². The third-order valence-corrected chi connectivity index (χ3v) is 6.13. The summed E-state index contributed by atoms with van der Waals surface area (Å²) in [6, 6.07) is 4.03. The lowest BCUT2D eigenvalue weighted by molar-refractivity contribution is -0.181. The number of nitrogens with zero attached hydrogens (tertiary/aromatic N) is 3. The van der Waals surface area contributed by atoms with Crippen LogP contribution in [0.2, 0.25) is 0 Å². The Balaban J connectivity index is 1.35. The van der Waals surface area contributed by atoms with Gasteiger partial charge in [-0.15, -0.1) is 0 Å². The molecule has 3 saturated heterocycles. The van der Waals surface area contributed by atoms with Crippen molar-refractivity contribution < 1.29 is 23.8 Å². The van der Waals surface area contributed by atoms with E-state index in [1.54, 1.807) is 4.90 Å². The van der Waals surface area contributed by atoms with Crippen molar-refractivity contribution in [3.8, 4) is 0 Å². The highest BCUT2D eigenvalue weighted by Gasteiger charge is 2.41. The van der Waals surface area contributed by atoms with Crippen molar-refractivity contribution >= 4 is 12.0 Å². The number of hydrogen-bond donors (Lipinski definition) is 0. The van der Waals surface area contributed by atoms with Crippen LogP contribution in [0.15, 0.2) is 18.3 Å². The normalized spacial score (nSPS) is 22.5. The Morgan fingerprint density at radius 3 is 2.27 bits per heavy atom. The first-order chi connectivity index (χ1) is 14.3. The highest BCUT2D eigenvalue weighted by molar-refractivity contribution is 5.93. The summed E-state index contributed by atoms with van der Waals surface area (Å²) in [5, 5.41) is 0. The van der Waals surface area contributed by atoms with Gasteiger partial charge in [-0.3, -0.25) is 4.79 Å². The largest absolute Gasteiger partial charge is 0.444 e. The molecule has 4 heterocycles. The van der Waals surface area contributed by atoms with Gasteiger partial charge < -0.3 is 28.6 Å². The van der Waals surface area contributed by atoms with Crippen LogP contribution in [0.25, 0.3) is 0 Å². The second-order valence-corrected chi connectivity index (χ2v) is 9.40. The Hall–Kier alpha value is -2.06. The smallest absolute Gasteiger partial charge is 0.410 e. The van der Waals surface area contributed by atoms with Gasteiger partial charge in [0.1, 0.15) is 11.3 Å². The third kappa shape index (κ3) is 4.49.